The Hall–Kier alpha value is -1.95. The molecule has 1 aromatic carbocycles. The van der Waals surface area contributed by atoms with E-state index in [1.165, 1.54) is 0 Å². The fourth-order valence-electron chi connectivity index (χ4n) is 1.60. The van der Waals surface area contributed by atoms with Crippen molar-refractivity contribution in [3.63, 3.8) is 0 Å². The van der Waals surface area contributed by atoms with E-state index in [0.717, 1.165) is 18.4 Å². The molecule has 2 rings (SSSR count). The molecule has 0 atom stereocenters. The Bertz CT molecular complexity index is 526. The largest absolute Gasteiger partial charge is 0.298 e. The second-order valence-electron chi connectivity index (χ2n) is 4.49. The van der Waals surface area contributed by atoms with E-state index in [0.29, 0.717) is 5.56 Å². The second kappa shape index (κ2) is 5.79. The highest BCUT2D eigenvalue weighted by molar-refractivity contribution is 7.80. The molecule has 0 aliphatic heterocycles. The van der Waals surface area contributed by atoms with E-state index in [4.69, 9.17) is 12.2 Å². The number of rotatable bonds is 2. The molecule has 100 valence electrons. The molecule has 3 N–H and O–H groups in total. The third-order valence-electron chi connectivity index (χ3n) is 2.86. The molecule has 1 fully saturated rings. The van der Waals surface area contributed by atoms with Crippen LogP contribution in [-0.4, -0.2) is 16.9 Å². The molecule has 1 saturated carbocycles. The Morgan fingerprint density at radius 1 is 1.21 bits per heavy atom. The number of carbonyl (C=O) groups excluding carboxylic acids is 2. The summed E-state index contributed by atoms with van der Waals surface area (Å²) in [6.45, 7) is 1.85. The van der Waals surface area contributed by atoms with Crippen molar-refractivity contribution in [1.82, 2.24) is 16.2 Å². The summed E-state index contributed by atoms with van der Waals surface area (Å²) in [6, 6.07) is 7.21. The normalized spacial score (nSPS) is 13.5. The first-order valence-electron chi connectivity index (χ1n) is 6.04. The molecule has 0 bridgehead atoms. The van der Waals surface area contributed by atoms with E-state index in [2.05, 4.69) is 16.2 Å². The van der Waals surface area contributed by atoms with Gasteiger partial charge in [-0.1, -0.05) is 18.2 Å². The van der Waals surface area contributed by atoms with Crippen molar-refractivity contribution in [3.8, 4) is 0 Å². The van der Waals surface area contributed by atoms with E-state index < -0.39 is 0 Å². The van der Waals surface area contributed by atoms with Crippen molar-refractivity contribution < 1.29 is 9.59 Å². The maximum absolute atomic E-state index is 11.9. The Morgan fingerprint density at radius 3 is 2.53 bits per heavy atom. The molecule has 0 saturated heterocycles. The van der Waals surface area contributed by atoms with Crippen LogP contribution in [0.1, 0.15) is 28.8 Å². The summed E-state index contributed by atoms with van der Waals surface area (Å²) in [7, 11) is 0. The van der Waals surface area contributed by atoms with Gasteiger partial charge in [-0.3, -0.25) is 25.8 Å². The zero-order valence-corrected chi connectivity index (χ0v) is 11.3. The number of hydrogen-bond donors (Lipinski definition) is 3. The number of hydrazine groups is 1. The lowest BCUT2D eigenvalue weighted by Gasteiger charge is -2.11. The molecule has 19 heavy (non-hydrogen) atoms. The van der Waals surface area contributed by atoms with Crippen molar-refractivity contribution in [1.29, 1.82) is 0 Å². The molecule has 0 heterocycles. The first kappa shape index (κ1) is 13.5. The van der Waals surface area contributed by atoms with Crippen molar-refractivity contribution in [2.75, 3.05) is 0 Å². The third kappa shape index (κ3) is 3.75. The molecule has 0 unspecified atom stereocenters. The van der Waals surface area contributed by atoms with Crippen LogP contribution in [-0.2, 0) is 4.79 Å². The summed E-state index contributed by atoms with van der Waals surface area (Å²) in [5.41, 5.74) is 6.42. The number of aryl methyl sites for hydroxylation is 1. The average molecular weight is 277 g/mol. The van der Waals surface area contributed by atoms with Crippen LogP contribution in [0.25, 0.3) is 0 Å². The maximum Gasteiger partial charge on any atom is 0.257 e. The van der Waals surface area contributed by atoms with Gasteiger partial charge in [-0.2, -0.15) is 0 Å². The molecule has 1 aromatic rings. The quantitative estimate of drug-likeness (QED) is 0.558. The second-order valence-corrected chi connectivity index (χ2v) is 4.89. The number of hydrogen-bond acceptors (Lipinski definition) is 3. The van der Waals surface area contributed by atoms with Crippen LogP contribution in [0.5, 0.6) is 0 Å². The topological polar surface area (TPSA) is 70.2 Å². The number of nitrogens with one attached hydrogen (secondary N) is 3. The molecule has 2 amide bonds. The first-order chi connectivity index (χ1) is 9.08. The Labute approximate surface area is 116 Å². The fraction of sp³-hybridized carbons (Fsp3) is 0.308. The summed E-state index contributed by atoms with van der Waals surface area (Å²) in [6.07, 6.45) is 1.83. The average Bonchev–Trinajstić information content (AvgIpc) is 3.20. The predicted molar refractivity (Wildman–Crippen MR) is 75.2 cm³/mol. The van der Waals surface area contributed by atoms with Crippen molar-refractivity contribution in [2.45, 2.75) is 19.8 Å². The van der Waals surface area contributed by atoms with Gasteiger partial charge in [0.15, 0.2) is 5.11 Å². The van der Waals surface area contributed by atoms with Crippen molar-refractivity contribution in [2.24, 2.45) is 5.92 Å². The summed E-state index contributed by atoms with van der Waals surface area (Å²) in [5.74, 6) is -0.300. The molecule has 5 nitrogen and oxygen atoms in total. The summed E-state index contributed by atoms with van der Waals surface area (Å²) in [4.78, 5) is 23.3. The molecule has 0 radical (unpaired) electrons. The Morgan fingerprint density at radius 2 is 1.89 bits per heavy atom. The molecule has 0 aromatic heterocycles. The van der Waals surface area contributed by atoms with Gasteiger partial charge in [0.25, 0.3) is 5.91 Å². The minimum absolute atomic E-state index is 0.0854. The van der Waals surface area contributed by atoms with E-state index in [1.807, 2.05) is 19.1 Å². The van der Waals surface area contributed by atoms with Crippen LogP contribution in [0.3, 0.4) is 0 Å². The minimum Gasteiger partial charge on any atom is -0.298 e. The summed E-state index contributed by atoms with van der Waals surface area (Å²) < 4.78 is 0. The number of carbonyl (C=O) groups is 2. The van der Waals surface area contributed by atoms with E-state index >= 15 is 0 Å². The van der Waals surface area contributed by atoms with E-state index in [1.54, 1.807) is 12.1 Å². The summed E-state index contributed by atoms with van der Waals surface area (Å²) >= 11 is 4.94. The third-order valence-corrected chi connectivity index (χ3v) is 3.07. The van der Waals surface area contributed by atoms with Crippen LogP contribution in [0.4, 0.5) is 0 Å². The van der Waals surface area contributed by atoms with E-state index in [9.17, 15) is 9.59 Å². The van der Waals surface area contributed by atoms with Gasteiger partial charge in [0.05, 0.1) is 0 Å². The highest BCUT2D eigenvalue weighted by atomic mass is 32.1. The van der Waals surface area contributed by atoms with Gasteiger partial charge in [-0.25, -0.2) is 0 Å². The highest BCUT2D eigenvalue weighted by Crippen LogP contribution is 2.28. The van der Waals surface area contributed by atoms with E-state index in [-0.39, 0.29) is 22.8 Å². The fourth-order valence-corrected chi connectivity index (χ4v) is 1.74. The number of thiocarbonyl (C=S) groups is 1. The lowest BCUT2D eigenvalue weighted by Crippen LogP contribution is -2.49. The Kier molecular flexibility index (Phi) is 4.11. The van der Waals surface area contributed by atoms with Gasteiger partial charge in [0, 0.05) is 11.5 Å². The lowest BCUT2D eigenvalue weighted by atomic mass is 10.1. The monoisotopic (exact) mass is 277 g/mol. The van der Waals surface area contributed by atoms with Gasteiger partial charge in [-0.15, -0.1) is 0 Å². The van der Waals surface area contributed by atoms with Crippen molar-refractivity contribution in [3.05, 3.63) is 35.4 Å². The van der Waals surface area contributed by atoms with Crippen LogP contribution < -0.4 is 16.2 Å². The number of benzene rings is 1. The first-order valence-corrected chi connectivity index (χ1v) is 6.45. The molecular weight excluding hydrogens is 262 g/mol. The summed E-state index contributed by atoms with van der Waals surface area (Å²) in [5, 5.41) is 2.60. The Balaban J connectivity index is 1.83. The lowest BCUT2D eigenvalue weighted by molar-refractivity contribution is -0.122. The standard InChI is InChI=1S/C13H15N3O2S/c1-8-4-2-3-5-10(8)12(18)14-13(19)16-15-11(17)9-6-7-9/h2-5,9H,6-7H2,1H3,(H,15,17)(H2,14,16,18,19). The molecule has 1 aliphatic carbocycles. The van der Waals surface area contributed by atoms with Gasteiger partial charge >= 0.3 is 0 Å². The van der Waals surface area contributed by atoms with Gasteiger partial charge in [-0.05, 0) is 43.6 Å². The van der Waals surface area contributed by atoms with Crippen LogP contribution in [0.2, 0.25) is 0 Å². The zero-order valence-electron chi connectivity index (χ0n) is 10.5. The van der Waals surface area contributed by atoms with Gasteiger partial charge < -0.3 is 0 Å². The minimum atomic E-state index is -0.295. The zero-order chi connectivity index (χ0) is 13.8. The van der Waals surface area contributed by atoms with Crippen LogP contribution in [0.15, 0.2) is 24.3 Å². The predicted octanol–water partition coefficient (Wildman–Crippen LogP) is 1.04. The highest BCUT2D eigenvalue weighted by Gasteiger charge is 2.29. The molecule has 1 aliphatic rings. The maximum atomic E-state index is 11.9. The van der Waals surface area contributed by atoms with Crippen molar-refractivity contribution >= 4 is 29.1 Å². The van der Waals surface area contributed by atoms with Crippen LogP contribution in [0, 0.1) is 12.8 Å². The van der Waals surface area contributed by atoms with Gasteiger partial charge in [0.2, 0.25) is 5.91 Å². The molecule has 0 spiro atoms. The smallest absolute Gasteiger partial charge is 0.257 e. The van der Waals surface area contributed by atoms with Gasteiger partial charge in [0.1, 0.15) is 0 Å². The SMILES string of the molecule is Cc1ccccc1C(=O)NC(=S)NNC(=O)C1CC1. The molecule has 6 heteroatoms. The molecular formula is C13H15N3O2S. The number of amides is 2. The van der Waals surface area contributed by atoms with Crippen LogP contribution >= 0.6 is 12.2 Å².